The van der Waals surface area contributed by atoms with Crippen molar-refractivity contribution in [2.45, 2.75) is 71.3 Å². The van der Waals surface area contributed by atoms with E-state index in [-0.39, 0.29) is 0 Å². The van der Waals surface area contributed by atoms with Gasteiger partial charge < -0.3 is 5.11 Å². The maximum atomic E-state index is 10.8. The van der Waals surface area contributed by atoms with Gasteiger partial charge in [0.15, 0.2) is 0 Å². The minimum atomic E-state index is -0.454. The molecule has 0 atom stereocenters. The summed E-state index contributed by atoms with van der Waals surface area (Å²) in [5.41, 5.74) is 1.18. The summed E-state index contributed by atoms with van der Waals surface area (Å²) in [6.45, 7) is 7.03. The highest BCUT2D eigenvalue weighted by atomic mass is 16.3. The number of nitrogens with zero attached hydrogens (tertiary/aromatic N) is 2. The van der Waals surface area contributed by atoms with Crippen LogP contribution in [0.3, 0.4) is 0 Å². The molecule has 2 rings (SSSR count). The second-order valence-corrected chi connectivity index (χ2v) is 7.29. The Morgan fingerprint density at radius 2 is 2.05 bits per heavy atom. The summed E-state index contributed by atoms with van der Waals surface area (Å²) >= 11 is 0. The zero-order valence-electron chi connectivity index (χ0n) is 13.5. The van der Waals surface area contributed by atoms with Crippen molar-refractivity contribution in [3.63, 3.8) is 0 Å². The zero-order chi connectivity index (χ0) is 14.8. The molecule has 0 aromatic carbocycles. The fourth-order valence-corrected chi connectivity index (χ4v) is 3.48. The van der Waals surface area contributed by atoms with Gasteiger partial charge in [-0.3, -0.25) is 4.68 Å². The molecule has 0 bridgehead atoms. The van der Waals surface area contributed by atoms with E-state index < -0.39 is 5.60 Å². The Morgan fingerprint density at radius 1 is 1.40 bits per heavy atom. The van der Waals surface area contributed by atoms with Crippen LogP contribution in [0.15, 0.2) is 12.3 Å². The maximum absolute atomic E-state index is 10.8. The van der Waals surface area contributed by atoms with Crippen molar-refractivity contribution >= 4 is 0 Å². The first kappa shape index (κ1) is 15.6. The van der Waals surface area contributed by atoms with E-state index in [1.54, 1.807) is 0 Å². The van der Waals surface area contributed by atoms with Gasteiger partial charge in [0, 0.05) is 18.9 Å². The first-order chi connectivity index (χ1) is 9.36. The Labute approximate surface area is 123 Å². The molecule has 0 spiro atoms. The van der Waals surface area contributed by atoms with Crippen molar-refractivity contribution < 1.29 is 5.11 Å². The van der Waals surface area contributed by atoms with Crippen molar-refractivity contribution in [1.82, 2.24) is 9.78 Å². The molecule has 0 unspecified atom stereocenters. The highest BCUT2D eigenvalue weighted by Crippen LogP contribution is 2.44. The van der Waals surface area contributed by atoms with E-state index in [2.05, 4.69) is 31.9 Å². The van der Waals surface area contributed by atoms with Gasteiger partial charge >= 0.3 is 0 Å². The lowest BCUT2D eigenvalue weighted by Crippen LogP contribution is -2.38. The van der Waals surface area contributed by atoms with Crippen molar-refractivity contribution in [2.24, 2.45) is 18.4 Å². The van der Waals surface area contributed by atoms with E-state index in [0.29, 0.717) is 5.41 Å². The molecule has 1 saturated carbocycles. The summed E-state index contributed by atoms with van der Waals surface area (Å²) in [5, 5.41) is 15.0. The van der Waals surface area contributed by atoms with Gasteiger partial charge in [0.2, 0.25) is 0 Å². The van der Waals surface area contributed by atoms with Crippen LogP contribution in [0.4, 0.5) is 0 Å². The van der Waals surface area contributed by atoms with E-state index in [0.717, 1.165) is 31.6 Å². The number of hydrogen-bond acceptors (Lipinski definition) is 2. The summed E-state index contributed by atoms with van der Waals surface area (Å²) in [6.07, 6.45) is 9.11. The van der Waals surface area contributed by atoms with Crippen LogP contribution in [0, 0.1) is 11.3 Å². The van der Waals surface area contributed by atoms with Crippen LogP contribution in [0.1, 0.15) is 65.0 Å². The lowest BCUT2D eigenvalue weighted by molar-refractivity contribution is -0.0341. The standard InChI is InChI=1S/C17H30N2O/c1-5-16(2,3)14-6-10-17(20,11-7-14)12-8-15-9-13-18-19(15)4/h9,13-14,20H,5-8,10-12H2,1-4H3. The van der Waals surface area contributed by atoms with Crippen molar-refractivity contribution in [2.75, 3.05) is 0 Å². The van der Waals surface area contributed by atoms with Gasteiger partial charge in [0.05, 0.1) is 5.60 Å². The number of aliphatic hydroxyl groups is 1. The fraction of sp³-hybridized carbons (Fsp3) is 0.824. The average Bonchev–Trinajstić information content (AvgIpc) is 2.83. The predicted molar refractivity (Wildman–Crippen MR) is 82.5 cm³/mol. The van der Waals surface area contributed by atoms with Crippen LogP contribution in [0.5, 0.6) is 0 Å². The number of aromatic nitrogens is 2. The van der Waals surface area contributed by atoms with Gasteiger partial charge in [-0.15, -0.1) is 0 Å². The number of aryl methyl sites for hydroxylation is 2. The first-order valence-corrected chi connectivity index (χ1v) is 8.05. The molecule has 114 valence electrons. The molecule has 1 N–H and O–H groups in total. The SMILES string of the molecule is CCC(C)(C)C1CCC(O)(CCc2ccnn2C)CC1. The monoisotopic (exact) mass is 278 g/mol. The second-order valence-electron chi connectivity index (χ2n) is 7.29. The van der Waals surface area contributed by atoms with Gasteiger partial charge in [-0.05, 0) is 55.9 Å². The second kappa shape index (κ2) is 5.88. The Hall–Kier alpha value is -0.830. The summed E-state index contributed by atoms with van der Waals surface area (Å²) in [6, 6.07) is 2.05. The summed E-state index contributed by atoms with van der Waals surface area (Å²) < 4.78 is 1.91. The third-order valence-corrected chi connectivity index (χ3v) is 5.70. The molecule has 0 amide bonds. The normalized spacial score (nSPS) is 27.8. The zero-order valence-corrected chi connectivity index (χ0v) is 13.5. The van der Waals surface area contributed by atoms with Crippen LogP contribution in [0.2, 0.25) is 0 Å². The minimum absolute atomic E-state index is 0.420. The van der Waals surface area contributed by atoms with Crippen LogP contribution in [-0.4, -0.2) is 20.5 Å². The van der Waals surface area contributed by atoms with Gasteiger partial charge in [0.1, 0.15) is 0 Å². The van der Waals surface area contributed by atoms with Crippen LogP contribution in [0.25, 0.3) is 0 Å². The lowest BCUT2D eigenvalue weighted by atomic mass is 9.66. The van der Waals surface area contributed by atoms with Gasteiger partial charge in [0.25, 0.3) is 0 Å². The highest BCUT2D eigenvalue weighted by molar-refractivity contribution is 5.02. The summed E-state index contributed by atoms with van der Waals surface area (Å²) in [5.74, 6) is 0.768. The molecule has 0 saturated heterocycles. The van der Waals surface area contributed by atoms with Crippen LogP contribution < -0.4 is 0 Å². The van der Waals surface area contributed by atoms with Crippen molar-refractivity contribution in [3.05, 3.63) is 18.0 Å². The Balaban J connectivity index is 1.87. The molecule has 0 aliphatic heterocycles. The molecular formula is C17H30N2O. The van der Waals surface area contributed by atoms with Crippen molar-refractivity contribution in [1.29, 1.82) is 0 Å². The third kappa shape index (κ3) is 3.43. The molecular weight excluding hydrogens is 248 g/mol. The predicted octanol–water partition coefficient (Wildman–Crippen LogP) is 3.71. The Kier molecular flexibility index (Phi) is 4.58. The summed E-state index contributed by atoms with van der Waals surface area (Å²) in [7, 11) is 1.97. The Bertz CT molecular complexity index is 428. The van der Waals surface area contributed by atoms with E-state index in [1.165, 1.54) is 25.0 Å². The molecule has 3 heteroatoms. The van der Waals surface area contributed by atoms with Crippen LogP contribution >= 0.6 is 0 Å². The minimum Gasteiger partial charge on any atom is -0.390 e. The third-order valence-electron chi connectivity index (χ3n) is 5.70. The Morgan fingerprint density at radius 3 is 2.55 bits per heavy atom. The first-order valence-electron chi connectivity index (χ1n) is 8.05. The highest BCUT2D eigenvalue weighted by Gasteiger charge is 2.38. The quantitative estimate of drug-likeness (QED) is 0.891. The molecule has 1 heterocycles. The average molecular weight is 278 g/mol. The van der Waals surface area contributed by atoms with E-state index in [1.807, 2.05) is 17.9 Å². The van der Waals surface area contributed by atoms with Crippen LogP contribution in [-0.2, 0) is 13.5 Å². The van der Waals surface area contributed by atoms with Gasteiger partial charge in [-0.25, -0.2) is 0 Å². The molecule has 1 fully saturated rings. The summed E-state index contributed by atoms with van der Waals surface area (Å²) in [4.78, 5) is 0. The van der Waals surface area contributed by atoms with Gasteiger partial charge in [-0.2, -0.15) is 5.10 Å². The van der Waals surface area contributed by atoms with E-state index in [9.17, 15) is 5.11 Å². The molecule has 3 nitrogen and oxygen atoms in total. The smallest absolute Gasteiger partial charge is 0.0651 e. The molecule has 1 aliphatic rings. The maximum Gasteiger partial charge on any atom is 0.0651 e. The molecule has 1 aliphatic carbocycles. The van der Waals surface area contributed by atoms with Gasteiger partial charge in [-0.1, -0.05) is 27.2 Å². The lowest BCUT2D eigenvalue weighted by Gasteiger charge is -2.42. The largest absolute Gasteiger partial charge is 0.390 e. The van der Waals surface area contributed by atoms with Crippen molar-refractivity contribution in [3.8, 4) is 0 Å². The molecule has 20 heavy (non-hydrogen) atoms. The topological polar surface area (TPSA) is 38.1 Å². The molecule has 1 aromatic heterocycles. The fourth-order valence-electron chi connectivity index (χ4n) is 3.48. The number of rotatable bonds is 5. The van der Waals surface area contributed by atoms with E-state index >= 15 is 0 Å². The van der Waals surface area contributed by atoms with E-state index in [4.69, 9.17) is 0 Å². The number of hydrogen-bond donors (Lipinski definition) is 1. The molecule has 1 aromatic rings. The molecule has 0 radical (unpaired) electrons.